The molecular formula is C10H13N5O. The third kappa shape index (κ3) is 2.10. The number of rotatable bonds is 3. The third-order valence-electron chi connectivity index (χ3n) is 1.95. The van der Waals surface area contributed by atoms with Gasteiger partial charge in [-0.25, -0.2) is 0 Å². The van der Waals surface area contributed by atoms with E-state index in [1.54, 1.807) is 18.2 Å². The normalized spacial score (nSPS) is 10.7. The van der Waals surface area contributed by atoms with Crippen LogP contribution in [0.3, 0.4) is 0 Å². The summed E-state index contributed by atoms with van der Waals surface area (Å²) >= 11 is 0. The van der Waals surface area contributed by atoms with Crippen molar-refractivity contribution in [3.8, 4) is 17.1 Å². The van der Waals surface area contributed by atoms with Gasteiger partial charge < -0.3 is 10.5 Å². The first-order valence-electron chi connectivity index (χ1n) is 4.97. The minimum atomic E-state index is 0.0780. The molecule has 2 rings (SSSR count). The molecule has 0 spiro atoms. The van der Waals surface area contributed by atoms with Gasteiger partial charge in [0.05, 0.1) is 11.7 Å². The maximum Gasteiger partial charge on any atom is 0.208 e. The Morgan fingerprint density at radius 2 is 2.19 bits per heavy atom. The molecule has 0 aliphatic carbocycles. The van der Waals surface area contributed by atoms with E-state index in [9.17, 15) is 0 Å². The number of benzene rings is 1. The first-order chi connectivity index (χ1) is 7.66. The van der Waals surface area contributed by atoms with Crippen molar-refractivity contribution < 1.29 is 4.74 Å². The number of nitrogens with zero attached hydrogens (tertiary/aromatic N) is 3. The Morgan fingerprint density at radius 3 is 2.81 bits per heavy atom. The zero-order valence-corrected chi connectivity index (χ0v) is 9.14. The number of nitrogens with one attached hydrogen (secondary N) is 1. The molecule has 0 bridgehead atoms. The van der Waals surface area contributed by atoms with Crippen molar-refractivity contribution in [2.45, 2.75) is 20.0 Å². The van der Waals surface area contributed by atoms with Crippen LogP contribution in [0.1, 0.15) is 13.8 Å². The molecule has 0 aliphatic rings. The predicted molar refractivity (Wildman–Crippen MR) is 59.8 cm³/mol. The summed E-state index contributed by atoms with van der Waals surface area (Å²) in [6.45, 7) is 3.91. The van der Waals surface area contributed by atoms with Crippen LogP contribution in [0.4, 0.5) is 5.69 Å². The van der Waals surface area contributed by atoms with E-state index in [1.165, 1.54) is 0 Å². The van der Waals surface area contributed by atoms with Crippen molar-refractivity contribution in [3.63, 3.8) is 0 Å². The highest BCUT2D eigenvalue weighted by molar-refractivity contribution is 5.68. The van der Waals surface area contributed by atoms with Crippen molar-refractivity contribution in [1.82, 2.24) is 20.6 Å². The van der Waals surface area contributed by atoms with Crippen LogP contribution in [-0.2, 0) is 0 Å². The van der Waals surface area contributed by atoms with Crippen LogP contribution >= 0.6 is 0 Å². The summed E-state index contributed by atoms with van der Waals surface area (Å²) in [5.41, 5.74) is 7.10. The summed E-state index contributed by atoms with van der Waals surface area (Å²) in [4.78, 5) is 0. The molecule has 0 saturated heterocycles. The molecule has 0 unspecified atom stereocenters. The minimum absolute atomic E-state index is 0.0780. The molecule has 0 saturated carbocycles. The number of aromatic nitrogens is 4. The fourth-order valence-corrected chi connectivity index (χ4v) is 1.35. The Balaban J connectivity index is 2.45. The maximum absolute atomic E-state index is 5.72. The molecule has 0 amide bonds. The van der Waals surface area contributed by atoms with Gasteiger partial charge in [-0.3, -0.25) is 0 Å². The lowest BCUT2D eigenvalue weighted by Crippen LogP contribution is -2.07. The highest BCUT2D eigenvalue weighted by atomic mass is 16.5. The summed E-state index contributed by atoms with van der Waals surface area (Å²) in [5, 5.41) is 13.7. The largest absolute Gasteiger partial charge is 0.490 e. The molecule has 16 heavy (non-hydrogen) atoms. The van der Waals surface area contributed by atoms with Gasteiger partial charge >= 0.3 is 0 Å². The van der Waals surface area contributed by atoms with Gasteiger partial charge in [-0.1, -0.05) is 0 Å². The summed E-state index contributed by atoms with van der Waals surface area (Å²) in [6.07, 6.45) is 0.0780. The van der Waals surface area contributed by atoms with E-state index in [2.05, 4.69) is 20.6 Å². The first-order valence-corrected chi connectivity index (χ1v) is 4.97. The van der Waals surface area contributed by atoms with Gasteiger partial charge in [0.15, 0.2) is 0 Å². The quantitative estimate of drug-likeness (QED) is 0.758. The molecule has 84 valence electrons. The van der Waals surface area contributed by atoms with Gasteiger partial charge in [0, 0.05) is 5.69 Å². The number of nitrogen functional groups attached to an aromatic ring is 1. The number of aromatic amines is 1. The molecule has 0 aliphatic heterocycles. The molecule has 6 heteroatoms. The highest BCUT2D eigenvalue weighted by Crippen LogP contribution is 2.29. The average Bonchev–Trinajstić information content (AvgIpc) is 2.73. The highest BCUT2D eigenvalue weighted by Gasteiger charge is 2.12. The van der Waals surface area contributed by atoms with Crippen molar-refractivity contribution in [2.24, 2.45) is 0 Å². The van der Waals surface area contributed by atoms with Gasteiger partial charge in [-0.15, -0.1) is 10.2 Å². The zero-order valence-electron chi connectivity index (χ0n) is 9.14. The summed E-state index contributed by atoms with van der Waals surface area (Å²) < 4.78 is 5.65. The van der Waals surface area contributed by atoms with Gasteiger partial charge in [0.2, 0.25) is 5.82 Å². The lowest BCUT2D eigenvalue weighted by molar-refractivity contribution is 0.243. The van der Waals surface area contributed by atoms with Crippen molar-refractivity contribution in [3.05, 3.63) is 18.2 Å². The Labute approximate surface area is 92.8 Å². The summed E-state index contributed by atoms with van der Waals surface area (Å²) in [7, 11) is 0. The lowest BCUT2D eigenvalue weighted by atomic mass is 10.1. The van der Waals surface area contributed by atoms with Crippen LogP contribution < -0.4 is 10.5 Å². The van der Waals surface area contributed by atoms with E-state index in [0.29, 0.717) is 17.3 Å². The number of tetrazole rings is 1. The second-order valence-corrected chi connectivity index (χ2v) is 3.66. The average molecular weight is 219 g/mol. The van der Waals surface area contributed by atoms with Crippen LogP contribution in [-0.4, -0.2) is 26.7 Å². The SMILES string of the molecule is CC(C)Oc1ccc(N)cc1-c1nn[nH]n1. The molecule has 1 aromatic heterocycles. The smallest absolute Gasteiger partial charge is 0.208 e. The Bertz CT molecular complexity index is 466. The van der Waals surface area contributed by atoms with Gasteiger partial charge in [-0.2, -0.15) is 5.21 Å². The number of hydrogen-bond acceptors (Lipinski definition) is 5. The predicted octanol–water partition coefficient (Wildman–Crippen LogP) is 1.24. The molecule has 1 aromatic carbocycles. The molecule has 2 aromatic rings. The van der Waals surface area contributed by atoms with Crippen LogP contribution in [0.5, 0.6) is 5.75 Å². The topological polar surface area (TPSA) is 89.7 Å². The molecular weight excluding hydrogens is 206 g/mol. The van der Waals surface area contributed by atoms with E-state index in [-0.39, 0.29) is 6.10 Å². The van der Waals surface area contributed by atoms with Crippen molar-refractivity contribution in [1.29, 1.82) is 0 Å². The molecule has 0 radical (unpaired) electrons. The lowest BCUT2D eigenvalue weighted by Gasteiger charge is -2.12. The van der Waals surface area contributed by atoms with Gasteiger partial charge in [0.25, 0.3) is 0 Å². The van der Waals surface area contributed by atoms with Crippen LogP contribution in [0.2, 0.25) is 0 Å². The maximum atomic E-state index is 5.72. The van der Waals surface area contributed by atoms with Gasteiger partial charge in [-0.05, 0) is 37.3 Å². The van der Waals surface area contributed by atoms with Crippen LogP contribution in [0, 0.1) is 0 Å². The van der Waals surface area contributed by atoms with E-state index < -0.39 is 0 Å². The molecule has 1 heterocycles. The van der Waals surface area contributed by atoms with Crippen LogP contribution in [0.15, 0.2) is 18.2 Å². The van der Waals surface area contributed by atoms with E-state index in [0.717, 1.165) is 5.56 Å². The monoisotopic (exact) mass is 219 g/mol. The number of ether oxygens (including phenoxy) is 1. The third-order valence-corrected chi connectivity index (χ3v) is 1.95. The van der Waals surface area contributed by atoms with E-state index in [1.807, 2.05) is 13.8 Å². The number of anilines is 1. The second-order valence-electron chi connectivity index (χ2n) is 3.66. The number of hydrogen-bond donors (Lipinski definition) is 2. The van der Waals surface area contributed by atoms with Crippen molar-refractivity contribution in [2.75, 3.05) is 5.73 Å². The van der Waals surface area contributed by atoms with E-state index in [4.69, 9.17) is 10.5 Å². The molecule has 6 nitrogen and oxygen atoms in total. The number of H-pyrrole nitrogens is 1. The number of nitrogens with two attached hydrogens (primary N) is 1. The van der Waals surface area contributed by atoms with Gasteiger partial charge in [0.1, 0.15) is 5.75 Å². The summed E-state index contributed by atoms with van der Waals surface area (Å²) in [5.74, 6) is 1.17. The molecule has 0 atom stereocenters. The minimum Gasteiger partial charge on any atom is -0.490 e. The van der Waals surface area contributed by atoms with Crippen LogP contribution in [0.25, 0.3) is 11.4 Å². The zero-order chi connectivity index (χ0) is 11.5. The Kier molecular flexibility index (Phi) is 2.72. The second kappa shape index (κ2) is 4.18. The fraction of sp³-hybridized carbons (Fsp3) is 0.300. The Hall–Kier alpha value is -2.11. The molecule has 0 fully saturated rings. The van der Waals surface area contributed by atoms with E-state index >= 15 is 0 Å². The van der Waals surface area contributed by atoms with Crippen molar-refractivity contribution >= 4 is 5.69 Å². The fourth-order valence-electron chi connectivity index (χ4n) is 1.35. The first kappa shape index (κ1) is 10.4. The summed E-state index contributed by atoms with van der Waals surface area (Å²) in [6, 6.07) is 5.35. The molecule has 3 N–H and O–H groups in total. The standard InChI is InChI=1S/C10H13N5O/c1-6(2)16-9-4-3-7(11)5-8(9)10-12-14-15-13-10/h3-6H,11H2,1-2H3,(H,12,13,14,15). The Morgan fingerprint density at radius 1 is 1.38 bits per heavy atom.